The van der Waals surface area contributed by atoms with Gasteiger partial charge in [-0.1, -0.05) is 42.5 Å². The average molecular weight is 268 g/mol. The number of amides is 1. The van der Waals surface area contributed by atoms with Gasteiger partial charge in [-0.05, 0) is 23.3 Å². The first-order valence-electron chi connectivity index (χ1n) is 6.72. The fourth-order valence-electron chi connectivity index (χ4n) is 1.99. The zero-order chi connectivity index (χ0) is 14.4. The van der Waals surface area contributed by atoms with Gasteiger partial charge >= 0.3 is 0 Å². The molecule has 2 rings (SSSR count). The maximum atomic E-state index is 11.9. The number of benzene rings is 2. The molecule has 3 heteroatoms. The molecule has 1 amide bonds. The summed E-state index contributed by atoms with van der Waals surface area (Å²) in [5, 5.41) is 2.96. The highest BCUT2D eigenvalue weighted by molar-refractivity contribution is 5.78. The lowest BCUT2D eigenvalue weighted by atomic mass is 10.1. The number of carbonyl (C=O) groups excluding carboxylic acids is 1. The molecule has 2 aromatic rings. The van der Waals surface area contributed by atoms with Gasteiger partial charge in [0.15, 0.2) is 0 Å². The van der Waals surface area contributed by atoms with E-state index in [0.717, 1.165) is 16.8 Å². The van der Waals surface area contributed by atoms with E-state index >= 15 is 0 Å². The number of nitrogens with one attached hydrogen (secondary N) is 1. The summed E-state index contributed by atoms with van der Waals surface area (Å²) in [5.74, 6) is 0.0476. The summed E-state index contributed by atoms with van der Waals surface area (Å²) in [7, 11) is 4.01. The van der Waals surface area contributed by atoms with E-state index in [2.05, 4.69) is 22.3 Å². The van der Waals surface area contributed by atoms with E-state index in [0.29, 0.717) is 13.0 Å². The van der Waals surface area contributed by atoms with Gasteiger partial charge in [0.25, 0.3) is 0 Å². The maximum Gasteiger partial charge on any atom is 0.224 e. The zero-order valence-corrected chi connectivity index (χ0v) is 12.0. The van der Waals surface area contributed by atoms with Gasteiger partial charge in [0.2, 0.25) is 5.91 Å². The number of carbonyl (C=O) groups is 1. The smallest absolute Gasteiger partial charge is 0.224 e. The number of nitrogens with zero attached hydrogens (tertiary/aromatic N) is 1. The van der Waals surface area contributed by atoms with E-state index in [9.17, 15) is 4.79 Å². The van der Waals surface area contributed by atoms with Crippen LogP contribution in [0.4, 0.5) is 5.69 Å². The molecule has 0 fully saturated rings. The number of anilines is 1. The molecule has 0 atom stereocenters. The normalized spacial score (nSPS) is 10.1. The molecule has 104 valence electrons. The predicted molar refractivity (Wildman–Crippen MR) is 82.8 cm³/mol. The molecule has 2 aromatic carbocycles. The van der Waals surface area contributed by atoms with Crippen molar-refractivity contribution in [2.24, 2.45) is 0 Å². The van der Waals surface area contributed by atoms with Crippen LogP contribution in [-0.4, -0.2) is 20.0 Å². The maximum absolute atomic E-state index is 11.9. The van der Waals surface area contributed by atoms with Gasteiger partial charge in [0, 0.05) is 26.3 Å². The molecule has 0 aliphatic heterocycles. The largest absolute Gasteiger partial charge is 0.378 e. The second kappa shape index (κ2) is 6.75. The van der Waals surface area contributed by atoms with E-state index < -0.39 is 0 Å². The summed E-state index contributed by atoms with van der Waals surface area (Å²) >= 11 is 0. The van der Waals surface area contributed by atoms with Crippen molar-refractivity contribution in [3.05, 3.63) is 65.7 Å². The van der Waals surface area contributed by atoms with Crippen LogP contribution in [0.5, 0.6) is 0 Å². The monoisotopic (exact) mass is 268 g/mol. The van der Waals surface area contributed by atoms with E-state index in [1.54, 1.807) is 0 Å². The minimum absolute atomic E-state index is 0.0476. The van der Waals surface area contributed by atoms with Crippen LogP contribution in [0, 0.1) is 0 Å². The van der Waals surface area contributed by atoms with Gasteiger partial charge in [-0.3, -0.25) is 4.79 Å². The molecule has 0 bridgehead atoms. The first kappa shape index (κ1) is 14.1. The Balaban J connectivity index is 1.89. The van der Waals surface area contributed by atoms with Crippen LogP contribution in [0.3, 0.4) is 0 Å². The highest BCUT2D eigenvalue weighted by Gasteiger charge is 2.03. The molecule has 0 saturated carbocycles. The highest BCUT2D eigenvalue weighted by atomic mass is 16.1. The van der Waals surface area contributed by atoms with Crippen LogP contribution in [0.2, 0.25) is 0 Å². The van der Waals surface area contributed by atoms with E-state index in [1.807, 2.05) is 56.6 Å². The van der Waals surface area contributed by atoms with E-state index in [-0.39, 0.29) is 5.91 Å². The number of rotatable bonds is 5. The fourth-order valence-corrected chi connectivity index (χ4v) is 1.99. The third-order valence-corrected chi connectivity index (χ3v) is 3.12. The van der Waals surface area contributed by atoms with Crippen molar-refractivity contribution < 1.29 is 4.79 Å². The van der Waals surface area contributed by atoms with Gasteiger partial charge in [-0.2, -0.15) is 0 Å². The van der Waals surface area contributed by atoms with Crippen molar-refractivity contribution in [1.29, 1.82) is 0 Å². The Labute approximate surface area is 120 Å². The Morgan fingerprint density at radius 1 is 1.00 bits per heavy atom. The molecule has 0 saturated heterocycles. The van der Waals surface area contributed by atoms with Crippen molar-refractivity contribution in [3.63, 3.8) is 0 Å². The molecule has 0 heterocycles. The summed E-state index contributed by atoms with van der Waals surface area (Å²) in [6, 6.07) is 17.9. The minimum atomic E-state index is 0.0476. The number of hydrogen-bond donors (Lipinski definition) is 1. The van der Waals surface area contributed by atoms with Crippen molar-refractivity contribution in [3.8, 4) is 0 Å². The van der Waals surface area contributed by atoms with E-state index in [4.69, 9.17) is 0 Å². The van der Waals surface area contributed by atoms with Crippen LogP contribution in [-0.2, 0) is 17.8 Å². The Kier molecular flexibility index (Phi) is 4.77. The first-order valence-corrected chi connectivity index (χ1v) is 6.72. The van der Waals surface area contributed by atoms with Crippen LogP contribution >= 0.6 is 0 Å². The minimum Gasteiger partial charge on any atom is -0.378 e. The molecule has 1 N–H and O–H groups in total. The zero-order valence-electron chi connectivity index (χ0n) is 12.0. The molecule has 0 aliphatic rings. The molecule has 0 aromatic heterocycles. The van der Waals surface area contributed by atoms with Crippen LogP contribution < -0.4 is 10.2 Å². The Morgan fingerprint density at radius 2 is 1.70 bits per heavy atom. The SMILES string of the molecule is CN(C)c1cccc(CNC(=O)Cc2ccccc2)c1. The molecule has 20 heavy (non-hydrogen) atoms. The summed E-state index contributed by atoms with van der Waals surface area (Å²) in [4.78, 5) is 13.9. The lowest BCUT2D eigenvalue weighted by molar-refractivity contribution is -0.120. The van der Waals surface area contributed by atoms with Crippen LogP contribution in [0.25, 0.3) is 0 Å². The lowest BCUT2D eigenvalue weighted by Gasteiger charge is -2.13. The summed E-state index contributed by atoms with van der Waals surface area (Å²) < 4.78 is 0. The van der Waals surface area contributed by atoms with Gasteiger partial charge < -0.3 is 10.2 Å². The molecule has 0 spiro atoms. The molecule has 3 nitrogen and oxygen atoms in total. The van der Waals surface area contributed by atoms with Gasteiger partial charge in [-0.25, -0.2) is 0 Å². The molecular weight excluding hydrogens is 248 g/mol. The summed E-state index contributed by atoms with van der Waals surface area (Å²) in [5.41, 5.74) is 3.28. The Hall–Kier alpha value is -2.29. The van der Waals surface area contributed by atoms with Crippen molar-refractivity contribution in [2.75, 3.05) is 19.0 Å². The average Bonchev–Trinajstić information content (AvgIpc) is 2.46. The second-order valence-corrected chi connectivity index (χ2v) is 5.00. The lowest BCUT2D eigenvalue weighted by Crippen LogP contribution is -2.24. The quantitative estimate of drug-likeness (QED) is 0.904. The summed E-state index contributed by atoms with van der Waals surface area (Å²) in [6.07, 6.45) is 0.425. The third-order valence-electron chi connectivity index (χ3n) is 3.12. The predicted octanol–water partition coefficient (Wildman–Crippen LogP) is 2.61. The molecule has 0 radical (unpaired) electrons. The Bertz CT molecular complexity index is 564. The molecule has 0 aliphatic carbocycles. The van der Waals surface area contributed by atoms with Gasteiger partial charge in [0.05, 0.1) is 6.42 Å². The molecule has 0 unspecified atom stereocenters. The Morgan fingerprint density at radius 3 is 2.40 bits per heavy atom. The highest BCUT2D eigenvalue weighted by Crippen LogP contribution is 2.13. The standard InChI is InChI=1S/C17H20N2O/c1-19(2)16-10-6-9-15(11-16)13-18-17(20)12-14-7-4-3-5-8-14/h3-11H,12-13H2,1-2H3,(H,18,20). The van der Waals surface area contributed by atoms with Gasteiger partial charge in [-0.15, -0.1) is 0 Å². The summed E-state index contributed by atoms with van der Waals surface area (Å²) in [6.45, 7) is 0.563. The van der Waals surface area contributed by atoms with Crippen LogP contribution in [0.1, 0.15) is 11.1 Å². The fraction of sp³-hybridized carbons (Fsp3) is 0.235. The van der Waals surface area contributed by atoms with Crippen molar-refractivity contribution in [2.45, 2.75) is 13.0 Å². The topological polar surface area (TPSA) is 32.3 Å². The second-order valence-electron chi connectivity index (χ2n) is 5.00. The van der Waals surface area contributed by atoms with Gasteiger partial charge in [0.1, 0.15) is 0 Å². The van der Waals surface area contributed by atoms with Crippen molar-refractivity contribution in [1.82, 2.24) is 5.32 Å². The van der Waals surface area contributed by atoms with Crippen LogP contribution in [0.15, 0.2) is 54.6 Å². The molecular formula is C17H20N2O. The number of hydrogen-bond acceptors (Lipinski definition) is 2. The van der Waals surface area contributed by atoms with E-state index in [1.165, 1.54) is 0 Å². The first-order chi connectivity index (χ1) is 9.65. The third kappa shape index (κ3) is 4.12. The van der Waals surface area contributed by atoms with Crippen molar-refractivity contribution >= 4 is 11.6 Å².